The van der Waals surface area contributed by atoms with Crippen molar-refractivity contribution in [2.45, 2.75) is 0 Å². The van der Waals surface area contributed by atoms with E-state index in [1.54, 1.807) is 0 Å². The van der Waals surface area contributed by atoms with Crippen LogP contribution >= 0.6 is 11.3 Å². The van der Waals surface area contributed by atoms with E-state index in [-0.39, 0.29) is 0 Å². The first-order valence-corrected chi connectivity index (χ1v) is 18.7. The largest absolute Gasteiger partial charge is 0.436 e. The Balaban J connectivity index is 1.09. The van der Waals surface area contributed by atoms with Crippen molar-refractivity contribution in [2.75, 3.05) is 4.90 Å². The third-order valence-electron chi connectivity index (χ3n) is 10.4. The second-order valence-corrected chi connectivity index (χ2v) is 14.6. The van der Waals surface area contributed by atoms with Gasteiger partial charge in [0.15, 0.2) is 5.58 Å². The molecule has 0 aliphatic heterocycles. The van der Waals surface area contributed by atoms with Crippen LogP contribution in [0.5, 0.6) is 0 Å². The fraction of sp³-hybridized carbons (Fsp3) is 0. The van der Waals surface area contributed by atoms with Crippen LogP contribution in [-0.2, 0) is 0 Å². The summed E-state index contributed by atoms with van der Waals surface area (Å²) in [5.74, 6) is 0.647. The van der Waals surface area contributed by atoms with Gasteiger partial charge >= 0.3 is 0 Å². The van der Waals surface area contributed by atoms with Crippen molar-refractivity contribution in [2.24, 2.45) is 0 Å². The summed E-state index contributed by atoms with van der Waals surface area (Å²) in [6.45, 7) is 0. The normalized spacial score (nSPS) is 11.8. The Morgan fingerprint density at radius 3 is 2.00 bits per heavy atom. The monoisotopic (exact) mass is 694 g/mol. The van der Waals surface area contributed by atoms with E-state index in [1.807, 2.05) is 17.4 Å². The Kier molecular flexibility index (Phi) is 6.73. The SMILES string of the molecule is c1cc(-c2cccc3ccccc23)cc(N(c2ccc3ccccc3c2)c2ccc3c(c2)sc2cccc(-c4nc5c(ccc6ccccc65)o4)c23)c1. The van der Waals surface area contributed by atoms with Gasteiger partial charge < -0.3 is 9.32 Å². The van der Waals surface area contributed by atoms with E-state index in [4.69, 9.17) is 9.40 Å². The molecule has 2 aromatic heterocycles. The number of hydrogen-bond acceptors (Lipinski definition) is 4. The first-order valence-electron chi connectivity index (χ1n) is 17.9. The van der Waals surface area contributed by atoms with Gasteiger partial charge in [0.2, 0.25) is 5.89 Å². The molecule has 0 atom stereocenters. The van der Waals surface area contributed by atoms with Gasteiger partial charge in [0, 0.05) is 48.2 Å². The highest BCUT2D eigenvalue weighted by Gasteiger charge is 2.20. The lowest BCUT2D eigenvalue weighted by atomic mass is 9.97. The van der Waals surface area contributed by atoms with Gasteiger partial charge in [-0.15, -0.1) is 11.3 Å². The van der Waals surface area contributed by atoms with Crippen molar-refractivity contribution in [1.29, 1.82) is 0 Å². The van der Waals surface area contributed by atoms with Gasteiger partial charge in [-0.05, 0) is 92.7 Å². The van der Waals surface area contributed by atoms with Gasteiger partial charge in [-0.2, -0.15) is 0 Å². The van der Waals surface area contributed by atoms with E-state index < -0.39 is 0 Å². The van der Waals surface area contributed by atoms with E-state index >= 15 is 0 Å². The fourth-order valence-electron chi connectivity index (χ4n) is 7.96. The smallest absolute Gasteiger partial charge is 0.228 e. The maximum atomic E-state index is 6.46. The number of aromatic nitrogens is 1. The Morgan fingerprint density at radius 1 is 0.434 bits per heavy atom. The van der Waals surface area contributed by atoms with Crippen molar-refractivity contribution in [3.63, 3.8) is 0 Å². The number of fused-ring (bicyclic) bond motifs is 8. The van der Waals surface area contributed by atoms with Crippen molar-refractivity contribution in [3.05, 3.63) is 182 Å². The summed E-state index contributed by atoms with van der Waals surface area (Å²) in [6, 6.07) is 65.2. The number of benzene rings is 9. The molecule has 0 fully saturated rings. The molecular formula is C49H30N2OS. The molecule has 11 rings (SSSR count). The number of hydrogen-bond donors (Lipinski definition) is 0. The minimum atomic E-state index is 0.647. The van der Waals surface area contributed by atoms with Crippen LogP contribution in [0.25, 0.3) is 86.2 Å². The Labute approximate surface area is 309 Å². The zero-order valence-electron chi connectivity index (χ0n) is 28.5. The lowest BCUT2D eigenvalue weighted by Gasteiger charge is -2.26. The van der Waals surface area contributed by atoms with Crippen LogP contribution < -0.4 is 4.90 Å². The molecule has 0 spiro atoms. The van der Waals surface area contributed by atoms with Crippen LogP contribution in [0.4, 0.5) is 17.1 Å². The first-order chi connectivity index (χ1) is 26.2. The molecule has 53 heavy (non-hydrogen) atoms. The second kappa shape index (κ2) is 11.9. The molecule has 0 aliphatic rings. The minimum Gasteiger partial charge on any atom is -0.436 e. The van der Waals surface area contributed by atoms with Gasteiger partial charge in [-0.3, -0.25) is 0 Å². The van der Waals surface area contributed by atoms with Crippen LogP contribution in [0, 0.1) is 0 Å². The predicted molar refractivity (Wildman–Crippen MR) is 225 cm³/mol. The van der Waals surface area contributed by atoms with Gasteiger partial charge in [0.1, 0.15) is 5.52 Å². The Morgan fingerprint density at radius 2 is 1.09 bits per heavy atom. The molecular weight excluding hydrogens is 665 g/mol. The van der Waals surface area contributed by atoms with Crippen molar-refractivity contribution >= 4 is 92.0 Å². The molecule has 0 bridgehead atoms. The fourth-order valence-corrected chi connectivity index (χ4v) is 9.13. The molecule has 9 aromatic carbocycles. The summed E-state index contributed by atoms with van der Waals surface area (Å²) in [5, 5.41) is 9.54. The maximum absolute atomic E-state index is 6.46. The van der Waals surface area contributed by atoms with Crippen molar-refractivity contribution in [3.8, 4) is 22.6 Å². The van der Waals surface area contributed by atoms with Crippen LogP contribution in [0.15, 0.2) is 186 Å². The van der Waals surface area contributed by atoms with Gasteiger partial charge in [-0.25, -0.2) is 4.98 Å². The first kappa shape index (κ1) is 29.9. The van der Waals surface area contributed by atoms with E-state index in [0.29, 0.717) is 5.89 Å². The Bertz CT molecular complexity index is 3200. The lowest BCUT2D eigenvalue weighted by molar-refractivity contribution is 0.621. The highest BCUT2D eigenvalue weighted by Crippen LogP contribution is 2.45. The zero-order valence-corrected chi connectivity index (χ0v) is 29.3. The molecule has 2 heterocycles. The summed E-state index contributed by atoms with van der Waals surface area (Å²) < 4.78 is 8.88. The summed E-state index contributed by atoms with van der Waals surface area (Å²) in [7, 11) is 0. The summed E-state index contributed by atoms with van der Waals surface area (Å²) >= 11 is 1.81. The molecule has 4 heteroatoms. The van der Waals surface area contributed by atoms with Crippen LogP contribution in [0.3, 0.4) is 0 Å². The quantitative estimate of drug-likeness (QED) is 0.180. The van der Waals surface area contributed by atoms with Crippen molar-refractivity contribution < 1.29 is 4.42 Å². The second-order valence-electron chi connectivity index (χ2n) is 13.6. The average Bonchev–Trinajstić information content (AvgIpc) is 3.83. The van der Waals surface area contributed by atoms with Crippen LogP contribution in [0.1, 0.15) is 0 Å². The van der Waals surface area contributed by atoms with Gasteiger partial charge in [0.25, 0.3) is 0 Å². The number of rotatable bonds is 5. The van der Waals surface area contributed by atoms with E-state index in [1.165, 1.54) is 52.8 Å². The summed E-state index contributed by atoms with van der Waals surface area (Å²) in [6.07, 6.45) is 0. The van der Waals surface area contributed by atoms with Crippen LogP contribution in [-0.4, -0.2) is 4.98 Å². The molecule has 0 unspecified atom stereocenters. The van der Waals surface area contributed by atoms with E-state index in [0.717, 1.165) is 44.5 Å². The molecule has 0 N–H and O–H groups in total. The molecule has 248 valence electrons. The average molecular weight is 695 g/mol. The maximum Gasteiger partial charge on any atom is 0.228 e. The number of oxazole rings is 1. The third kappa shape index (κ3) is 4.91. The highest BCUT2D eigenvalue weighted by atomic mass is 32.1. The number of nitrogens with zero attached hydrogens (tertiary/aromatic N) is 2. The molecule has 3 nitrogen and oxygen atoms in total. The van der Waals surface area contributed by atoms with Crippen molar-refractivity contribution in [1.82, 2.24) is 4.98 Å². The minimum absolute atomic E-state index is 0.647. The molecule has 0 saturated heterocycles. The standard InChI is InChI=1S/C49H30N2OS/c1-2-13-34-28-37(24-22-31(34)10-1)51(36-16-7-15-35(29-36)40-19-8-14-32-11-3-5-17-39(32)40)38-25-26-42-46(30-38)53-45-21-9-20-43(47(42)45)49-50-48-41-18-6-4-12-33(41)23-27-44(48)52-49/h1-30H. The topological polar surface area (TPSA) is 29.3 Å². The van der Waals surface area contributed by atoms with Gasteiger partial charge in [0.05, 0.1) is 0 Å². The lowest BCUT2D eigenvalue weighted by Crippen LogP contribution is -2.10. The molecule has 0 radical (unpaired) electrons. The Hall–Kier alpha value is -6.75. The molecule has 0 amide bonds. The zero-order chi connectivity index (χ0) is 34.9. The summed E-state index contributed by atoms with van der Waals surface area (Å²) in [5.41, 5.74) is 8.43. The number of thiophene rings is 1. The van der Waals surface area contributed by atoms with E-state index in [9.17, 15) is 0 Å². The predicted octanol–water partition coefficient (Wildman–Crippen LogP) is 14.5. The highest BCUT2D eigenvalue weighted by molar-refractivity contribution is 7.26. The van der Waals surface area contributed by atoms with Crippen LogP contribution in [0.2, 0.25) is 0 Å². The molecule has 11 aromatic rings. The summed E-state index contributed by atoms with van der Waals surface area (Å²) in [4.78, 5) is 7.47. The third-order valence-corrected chi connectivity index (χ3v) is 11.6. The van der Waals surface area contributed by atoms with E-state index in [2.05, 4.69) is 181 Å². The van der Waals surface area contributed by atoms with Gasteiger partial charge in [-0.1, -0.05) is 127 Å². The molecule has 0 aliphatic carbocycles. The molecule has 0 saturated carbocycles. The number of anilines is 3.